The van der Waals surface area contributed by atoms with Crippen molar-refractivity contribution in [1.29, 1.82) is 0 Å². The van der Waals surface area contributed by atoms with Crippen LogP contribution >= 0.6 is 22.9 Å². The molecule has 178 valence electrons. The summed E-state index contributed by atoms with van der Waals surface area (Å²) in [6.45, 7) is 2.25. The second-order valence-corrected chi connectivity index (χ2v) is 9.77. The molecule has 0 bridgehead atoms. The maximum absolute atomic E-state index is 13.3. The summed E-state index contributed by atoms with van der Waals surface area (Å²) in [7, 11) is 1.51. The molecule has 35 heavy (non-hydrogen) atoms. The van der Waals surface area contributed by atoms with Crippen molar-refractivity contribution in [1.82, 2.24) is 9.88 Å². The first kappa shape index (κ1) is 23.2. The van der Waals surface area contributed by atoms with Gasteiger partial charge in [-0.05, 0) is 60.2 Å². The molecule has 3 heterocycles. The van der Waals surface area contributed by atoms with E-state index in [1.54, 1.807) is 23.1 Å². The third-order valence-corrected chi connectivity index (χ3v) is 7.82. The molecule has 1 saturated heterocycles. The first-order valence-electron chi connectivity index (χ1n) is 11.1. The van der Waals surface area contributed by atoms with Crippen LogP contribution in [0.2, 0.25) is 5.02 Å². The number of hydrogen-bond acceptors (Lipinski definition) is 5. The van der Waals surface area contributed by atoms with Gasteiger partial charge in [-0.15, -0.1) is 11.3 Å². The molecule has 0 aliphatic carbocycles. The number of thiophene rings is 1. The summed E-state index contributed by atoms with van der Waals surface area (Å²) in [4.78, 5) is 32.2. The van der Waals surface area contributed by atoms with Gasteiger partial charge in [0.1, 0.15) is 11.5 Å². The van der Waals surface area contributed by atoms with E-state index < -0.39 is 17.7 Å². The normalized spacial score (nSPS) is 17.5. The van der Waals surface area contributed by atoms with Gasteiger partial charge in [-0.2, -0.15) is 0 Å². The number of aryl methyl sites for hydroxylation is 1. The number of nitrogens with one attached hydrogen (secondary N) is 1. The predicted octanol–water partition coefficient (Wildman–Crippen LogP) is 5.86. The van der Waals surface area contributed by atoms with Gasteiger partial charge in [-0.3, -0.25) is 9.59 Å². The Balaban J connectivity index is 1.59. The molecule has 6 nitrogen and oxygen atoms in total. The number of methoxy groups -OCH3 is 1. The molecule has 4 aromatic rings. The average molecular weight is 507 g/mol. The van der Waals surface area contributed by atoms with E-state index in [0.717, 1.165) is 26.9 Å². The second-order valence-electron chi connectivity index (χ2n) is 8.42. The van der Waals surface area contributed by atoms with E-state index in [-0.39, 0.29) is 21.9 Å². The van der Waals surface area contributed by atoms with Gasteiger partial charge < -0.3 is 19.7 Å². The molecule has 0 spiro atoms. The monoisotopic (exact) mass is 506 g/mol. The van der Waals surface area contributed by atoms with E-state index in [1.165, 1.54) is 18.4 Å². The van der Waals surface area contributed by atoms with E-state index in [1.807, 2.05) is 48.8 Å². The number of ether oxygens (including phenoxy) is 1. The molecule has 2 aromatic heterocycles. The van der Waals surface area contributed by atoms with E-state index in [4.69, 9.17) is 16.3 Å². The summed E-state index contributed by atoms with van der Waals surface area (Å²) in [5.74, 6) is -1.19. The van der Waals surface area contributed by atoms with E-state index in [9.17, 15) is 14.7 Å². The van der Waals surface area contributed by atoms with Gasteiger partial charge in [-0.1, -0.05) is 29.8 Å². The van der Waals surface area contributed by atoms with Gasteiger partial charge in [0.05, 0.1) is 23.7 Å². The van der Waals surface area contributed by atoms with E-state index in [2.05, 4.69) is 4.98 Å². The predicted molar refractivity (Wildman–Crippen MR) is 138 cm³/mol. The van der Waals surface area contributed by atoms with Crippen LogP contribution in [0.1, 0.15) is 27.6 Å². The molecule has 1 aliphatic heterocycles. The number of para-hydroxylation sites is 1. The molecule has 0 radical (unpaired) electrons. The highest BCUT2D eigenvalue weighted by Crippen LogP contribution is 2.43. The average Bonchev–Trinajstić information content (AvgIpc) is 3.54. The molecule has 1 unspecified atom stereocenters. The number of halogens is 1. The molecule has 1 fully saturated rings. The number of aromatic nitrogens is 1. The molecule has 8 heteroatoms. The van der Waals surface area contributed by atoms with Gasteiger partial charge in [0, 0.05) is 34.1 Å². The van der Waals surface area contributed by atoms with Crippen molar-refractivity contribution < 1.29 is 19.4 Å². The number of aromatic amines is 1. The van der Waals surface area contributed by atoms with Crippen molar-refractivity contribution in [2.45, 2.75) is 19.4 Å². The lowest BCUT2D eigenvalue weighted by Crippen LogP contribution is -2.31. The molecule has 1 amide bonds. The van der Waals surface area contributed by atoms with Crippen LogP contribution in [0.25, 0.3) is 16.7 Å². The topological polar surface area (TPSA) is 82.6 Å². The van der Waals surface area contributed by atoms with Gasteiger partial charge >= 0.3 is 0 Å². The fraction of sp³-hybridized carbons (Fsp3) is 0.185. The number of benzene rings is 2. The van der Waals surface area contributed by atoms with Crippen LogP contribution in [0.15, 0.2) is 65.7 Å². The Kier molecular flexibility index (Phi) is 6.13. The maximum Gasteiger partial charge on any atom is 0.295 e. The first-order valence-corrected chi connectivity index (χ1v) is 12.4. The zero-order valence-electron chi connectivity index (χ0n) is 19.2. The number of amides is 1. The standard InChI is InChI=1S/C27H23ClN2O4S/c1-15-10-12-35-26(15)23-22(24(31)19-13-17(34-2)7-8-20(19)28)25(32)27(33)30(23)11-9-16-14-29-21-6-4-3-5-18(16)21/h3-8,10,12-14,23,29,31H,9,11H2,1-2H3/b24-22-. The number of H-pyrrole nitrogens is 1. The number of fused-ring (bicyclic) bond motifs is 1. The smallest absolute Gasteiger partial charge is 0.295 e. The van der Waals surface area contributed by atoms with Crippen LogP contribution in [-0.2, 0) is 16.0 Å². The highest BCUT2D eigenvalue weighted by atomic mass is 35.5. The van der Waals surface area contributed by atoms with Crippen LogP contribution in [0.4, 0.5) is 0 Å². The number of nitrogens with zero attached hydrogens (tertiary/aromatic N) is 1. The van der Waals surface area contributed by atoms with Crippen LogP contribution in [-0.4, -0.2) is 40.3 Å². The number of hydrogen-bond donors (Lipinski definition) is 2. The third-order valence-electron chi connectivity index (χ3n) is 6.42. The summed E-state index contributed by atoms with van der Waals surface area (Å²) >= 11 is 7.83. The Morgan fingerprint density at radius 1 is 1.20 bits per heavy atom. The fourth-order valence-electron chi connectivity index (χ4n) is 4.59. The number of Topliss-reactive ketones (excluding diaryl/α,β-unsaturated/α-hetero) is 1. The van der Waals surface area contributed by atoms with Gasteiger partial charge in [0.25, 0.3) is 11.7 Å². The molecule has 0 saturated carbocycles. The molecular formula is C27H23ClN2O4S. The Morgan fingerprint density at radius 2 is 2.00 bits per heavy atom. The van der Waals surface area contributed by atoms with Crippen molar-refractivity contribution in [3.63, 3.8) is 0 Å². The van der Waals surface area contributed by atoms with Gasteiger partial charge in [-0.25, -0.2) is 0 Å². The quantitative estimate of drug-likeness (QED) is 0.195. The Labute approximate surface area is 211 Å². The fourth-order valence-corrected chi connectivity index (χ4v) is 5.84. The number of likely N-dealkylation sites (tertiary alicyclic amines) is 1. The summed E-state index contributed by atoms with van der Waals surface area (Å²) in [5, 5.41) is 14.6. The number of ketones is 1. The summed E-state index contributed by atoms with van der Waals surface area (Å²) in [6.07, 6.45) is 2.49. The highest BCUT2D eigenvalue weighted by Gasteiger charge is 2.47. The SMILES string of the molecule is COc1ccc(Cl)c(/C(O)=C2/C(=O)C(=O)N(CCc3c[nH]c4ccccc34)C2c2sccc2C)c1. The summed E-state index contributed by atoms with van der Waals surface area (Å²) in [6, 6.07) is 14.0. The van der Waals surface area contributed by atoms with Crippen molar-refractivity contribution in [3.8, 4) is 5.75 Å². The second kappa shape index (κ2) is 9.24. The minimum Gasteiger partial charge on any atom is -0.507 e. The Morgan fingerprint density at radius 3 is 2.74 bits per heavy atom. The molecule has 5 rings (SSSR count). The minimum absolute atomic E-state index is 0.0367. The largest absolute Gasteiger partial charge is 0.507 e. The van der Waals surface area contributed by atoms with Gasteiger partial charge in [0.15, 0.2) is 0 Å². The number of aliphatic hydroxyl groups excluding tert-OH is 1. The molecule has 2 aromatic carbocycles. The number of aliphatic hydroxyl groups is 1. The van der Waals surface area contributed by atoms with Crippen LogP contribution in [0, 0.1) is 6.92 Å². The summed E-state index contributed by atoms with van der Waals surface area (Å²) in [5.41, 5.74) is 3.30. The third kappa shape index (κ3) is 4.00. The maximum atomic E-state index is 13.3. The first-order chi connectivity index (χ1) is 16.9. The van der Waals surface area contributed by atoms with Crippen molar-refractivity contribution in [3.05, 3.63) is 92.3 Å². The molecular weight excluding hydrogens is 484 g/mol. The zero-order valence-corrected chi connectivity index (χ0v) is 20.7. The van der Waals surface area contributed by atoms with E-state index in [0.29, 0.717) is 18.7 Å². The molecule has 1 aliphatic rings. The minimum atomic E-state index is -0.724. The van der Waals surface area contributed by atoms with Crippen molar-refractivity contribution >= 4 is 51.3 Å². The van der Waals surface area contributed by atoms with Gasteiger partial charge in [0.2, 0.25) is 0 Å². The number of rotatable bonds is 6. The van der Waals surface area contributed by atoms with Crippen LogP contribution in [0.3, 0.4) is 0 Å². The number of carbonyl (C=O) groups excluding carboxylic acids is 2. The Hall–Kier alpha value is -3.55. The summed E-state index contributed by atoms with van der Waals surface area (Å²) < 4.78 is 5.27. The Bertz CT molecular complexity index is 1490. The lowest BCUT2D eigenvalue weighted by Gasteiger charge is -2.25. The molecule has 2 N–H and O–H groups in total. The van der Waals surface area contributed by atoms with E-state index >= 15 is 0 Å². The number of carbonyl (C=O) groups is 2. The van der Waals surface area contributed by atoms with Crippen LogP contribution < -0.4 is 4.74 Å². The van der Waals surface area contributed by atoms with Crippen molar-refractivity contribution in [2.24, 2.45) is 0 Å². The van der Waals surface area contributed by atoms with Crippen LogP contribution in [0.5, 0.6) is 5.75 Å². The highest BCUT2D eigenvalue weighted by molar-refractivity contribution is 7.10. The lowest BCUT2D eigenvalue weighted by atomic mass is 9.98. The zero-order chi connectivity index (χ0) is 24.7. The van der Waals surface area contributed by atoms with Crippen molar-refractivity contribution in [2.75, 3.05) is 13.7 Å². The lowest BCUT2D eigenvalue weighted by molar-refractivity contribution is -0.139. The molecule has 1 atom stereocenters.